The van der Waals surface area contributed by atoms with E-state index in [4.69, 9.17) is 0 Å². The largest absolute Gasteiger partial charge is 0.361 e. The number of non-ortho nitro benzene ring substituents is 1. The third-order valence-electron chi connectivity index (χ3n) is 2.71. The number of aryl methyl sites for hydroxylation is 1. The normalized spacial score (nSPS) is 10.6. The first kappa shape index (κ1) is 11.3. The van der Waals surface area contributed by atoms with Crippen LogP contribution in [-0.2, 0) is 11.2 Å². The fourth-order valence-electron chi connectivity index (χ4n) is 1.89. The molecule has 0 radical (unpaired) electrons. The average molecular weight is 232 g/mol. The highest BCUT2D eigenvalue weighted by Gasteiger charge is 2.16. The van der Waals surface area contributed by atoms with E-state index in [9.17, 15) is 14.9 Å². The number of H-pyrrole nitrogens is 1. The lowest BCUT2D eigenvalue weighted by Gasteiger charge is -1.98. The zero-order valence-electron chi connectivity index (χ0n) is 9.40. The molecule has 1 N–H and O–H groups in total. The van der Waals surface area contributed by atoms with Crippen molar-refractivity contribution in [2.24, 2.45) is 0 Å². The van der Waals surface area contributed by atoms with Crippen LogP contribution in [0.4, 0.5) is 5.69 Å². The second-order valence-electron chi connectivity index (χ2n) is 3.97. The van der Waals surface area contributed by atoms with Gasteiger partial charge >= 0.3 is 0 Å². The fraction of sp³-hybridized carbons (Fsp3) is 0.250. The van der Waals surface area contributed by atoms with Gasteiger partial charge in [-0.3, -0.25) is 10.1 Å². The third kappa shape index (κ3) is 2.18. The van der Waals surface area contributed by atoms with Crippen molar-refractivity contribution in [3.05, 3.63) is 40.1 Å². The number of Topliss-reactive ketones (excluding diaryl/α,β-unsaturated/α-hetero) is 1. The summed E-state index contributed by atoms with van der Waals surface area (Å²) in [6.45, 7) is 1.52. The van der Waals surface area contributed by atoms with Crippen molar-refractivity contribution in [2.45, 2.75) is 19.8 Å². The number of hydrogen-bond donors (Lipinski definition) is 1. The summed E-state index contributed by atoms with van der Waals surface area (Å²) in [6.07, 6.45) is 2.67. The van der Waals surface area contributed by atoms with Crippen LogP contribution in [0.25, 0.3) is 10.9 Å². The standard InChI is InChI=1S/C12H12N2O3/c1-8(15)5-6-9-7-13-10-3-2-4-11(12(9)10)14(16)17/h2-4,7,13H,5-6H2,1H3. The number of fused-ring (bicyclic) bond motifs is 1. The number of nitrogens with one attached hydrogen (secondary N) is 1. The van der Waals surface area contributed by atoms with Gasteiger partial charge in [0, 0.05) is 18.7 Å². The monoisotopic (exact) mass is 232 g/mol. The number of carbonyl (C=O) groups excluding carboxylic acids is 1. The van der Waals surface area contributed by atoms with Crippen LogP contribution in [0.1, 0.15) is 18.9 Å². The number of nitrogens with zero attached hydrogens (tertiary/aromatic N) is 1. The number of carbonyl (C=O) groups is 1. The number of nitro groups is 1. The first-order chi connectivity index (χ1) is 8.09. The summed E-state index contributed by atoms with van der Waals surface area (Å²) in [5, 5.41) is 11.5. The first-order valence-corrected chi connectivity index (χ1v) is 5.32. The maximum atomic E-state index is 10.9. The van der Waals surface area contributed by atoms with Gasteiger partial charge in [0.25, 0.3) is 5.69 Å². The Kier molecular flexibility index (Phi) is 2.91. The number of hydrogen-bond acceptors (Lipinski definition) is 3. The molecular weight excluding hydrogens is 220 g/mol. The maximum absolute atomic E-state index is 10.9. The molecule has 0 bridgehead atoms. The second kappa shape index (κ2) is 4.37. The van der Waals surface area contributed by atoms with Gasteiger partial charge in [-0.05, 0) is 25.0 Å². The quantitative estimate of drug-likeness (QED) is 0.650. The Hall–Kier alpha value is -2.17. The topological polar surface area (TPSA) is 76.0 Å². The minimum atomic E-state index is -0.395. The van der Waals surface area contributed by atoms with E-state index in [1.54, 1.807) is 18.3 Å². The van der Waals surface area contributed by atoms with E-state index in [-0.39, 0.29) is 11.5 Å². The molecular formula is C12H12N2O3. The Balaban J connectivity index is 2.49. The van der Waals surface area contributed by atoms with Crippen LogP contribution in [-0.4, -0.2) is 15.7 Å². The first-order valence-electron chi connectivity index (χ1n) is 5.32. The van der Waals surface area contributed by atoms with Gasteiger partial charge < -0.3 is 9.78 Å². The highest BCUT2D eigenvalue weighted by Crippen LogP contribution is 2.29. The molecule has 0 amide bonds. The van der Waals surface area contributed by atoms with Gasteiger partial charge in [0.15, 0.2) is 0 Å². The number of aromatic amines is 1. The van der Waals surface area contributed by atoms with Crippen molar-refractivity contribution in [3.63, 3.8) is 0 Å². The van der Waals surface area contributed by atoms with Gasteiger partial charge in [-0.15, -0.1) is 0 Å². The molecule has 0 saturated heterocycles. The molecule has 0 fully saturated rings. The molecule has 0 aliphatic rings. The van der Waals surface area contributed by atoms with Crippen LogP contribution in [0, 0.1) is 10.1 Å². The van der Waals surface area contributed by atoms with Gasteiger partial charge in [0.2, 0.25) is 0 Å². The van der Waals surface area contributed by atoms with Crippen LogP contribution < -0.4 is 0 Å². The minimum Gasteiger partial charge on any atom is -0.361 e. The van der Waals surface area contributed by atoms with E-state index in [1.807, 2.05) is 0 Å². The zero-order chi connectivity index (χ0) is 12.4. The van der Waals surface area contributed by atoms with Crippen LogP contribution in [0.5, 0.6) is 0 Å². The number of rotatable bonds is 4. The zero-order valence-corrected chi connectivity index (χ0v) is 9.40. The predicted octanol–water partition coefficient (Wildman–Crippen LogP) is 2.60. The predicted molar refractivity (Wildman–Crippen MR) is 64.0 cm³/mol. The van der Waals surface area contributed by atoms with Crippen LogP contribution in [0.2, 0.25) is 0 Å². The molecule has 1 heterocycles. The molecule has 5 nitrogen and oxygen atoms in total. The van der Waals surface area contributed by atoms with Crippen molar-refractivity contribution in [1.29, 1.82) is 0 Å². The molecule has 0 unspecified atom stereocenters. The third-order valence-corrected chi connectivity index (χ3v) is 2.71. The highest BCUT2D eigenvalue weighted by molar-refractivity contribution is 5.92. The SMILES string of the molecule is CC(=O)CCc1c[nH]c2cccc([N+](=O)[O-])c12. The molecule has 1 aromatic carbocycles. The summed E-state index contributed by atoms with van der Waals surface area (Å²) >= 11 is 0. The lowest BCUT2D eigenvalue weighted by Crippen LogP contribution is -1.95. The second-order valence-corrected chi connectivity index (χ2v) is 3.97. The van der Waals surface area contributed by atoms with Crippen molar-refractivity contribution < 1.29 is 9.72 Å². The molecule has 2 rings (SSSR count). The summed E-state index contributed by atoms with van der Waals surface area (Å²) < 4.78 is 0. The van der Waals surface area contributed by atoms with Gasteiger partial charge in [0.1, 0.15) is 5.78 Å². The van der Waals surface area contributed by atoms with Crippen LogP contribution in [0.3, 0.4) is 0 Å². The summed E-state index contributed by atoms with van der Waals surface area (Å²) in [5.41, 5.74) is 1.64. The lowest BCUT2D eigenvalue weighted by molar-refractivity contribution is -0.383. The smallest absolute Gasteiger partial charge is 0.279 e. The number of benzene rings is 1. The summed E-state index contributed by atoms with van der Waals surface area (Å²) in [4.78, 5) is 24.5. The Bertz CT molecular complexity index is 586. The fourth-order valence-corrected chi connectivity index (χ4v) is 1.89. The average Bonchev–Trinajstić information content (AvgIpc) is 2.69. The van der Waals surface area contributed by atoms with Crippen molar-refractivity contribution in [2.75, 3.05) is 0 Å². The summed E-state index contributed by atoms with van der Waals surface area (Å²) in [5.74, 6) is 0.0814. The Morgan fingerprint density at radius 2 is 2.24 bits per heavy atom. The molecule has 0 spiro atoms. The van der Waals surface area contributed by atoms with E-state index >= 15 is 0 Å². The molecule has 88 valence electrons. The van der Waals surface area contributed by atoms with Gasteiger partial charge in [-0.1, -0.05) is 6.07 Å². The summed E-state index contributed by atoms with van der Waals surface area (Å²) in [7, 11) is 0. The molecule has 5 heteroatoms. The van der Waals surface area contributed by atoms with Gasteiger partial charge in [0.05, 0.1) is 15.8 Å². The van der Waals surface area contributed by atoms with E-state index in [0.29, 0.717) is 18.2 Å². The Morgan fingerprint density at radius 1 is 1.47 bits per heavy atom. The van der Waals surface area contributed by atoms with Gasteiger partial charge in [-0.2, -0.15) is 0 Å². The molecule has 0 aliphatic carbocycles. The molecule has 0 aliphatic heterocycles. The molecule has 0 saturated carbocycles. The van der Waals surface area contributed by atoms with Crippen LogP contribution in [0.15, 0.2) is 24.4 Å². The highest BCUT2D eigenvalue weighted by atomic mass is 16.6. The van der Waals surface area contributed by atoms with Crippen molar-refractivity contribution >= 4 is 22.4 Å². The van der Waals surface area contributed by atoms with E-state index < -0.39 is 4.92 Å². The van der Waals surface area contributed by atoms with E-state index in [2.05, 4.69) is 4.98 Å². The molecule has 17 heavy (non-hydrogen) atoms. The van der Waals surface area contributed by atoms with Crippen LogP contribution >= 0.6 is 0 Å². The molecule has 1 aromatic heterocycles. The number of nitro benzene ring substituents is 1. The van der Waals surface area contributed by atoms with Crippen molar-refractivity contribution in [1.82, 2.24) is 4.98 Å². The Labute approximate surface area is 97.6 Å². The van der Waals surface area contributed by atoms with Crippen molar-refractivity contribution in [3.8, 4) is 0 Å². The minimum absolute atomic E-state index is 0.0814. The van der Waals surface area contributed by atoms with Gasteiger partial charge in [-0.25, -0.2) is 0 Å². The van der Waals surface area contributed by atoms with E-state index in [1.165, 1.54) is 13.0 Å². The Morgan fingerprint density at radius 3 is 2.88 bits per heavy atom. The number of ketones is 1. The molecule has 0 atom stereocenters. The lowest BCUT2D eigenvalue weighted by atomic mass is 10.1. The number of aromatic nitrogens is 1. The summed E-state index contributed by atoms with van der Waals surface area (Å²) in [6, 6.07) is 4.92. The molecule has 2 aromatic rings. The maximum Gasteiger partial charge on any atom is 0.279 e. The van der Waals surface area contributed by atoms with E-state index in [0.717, 1.165) is 11.1 Å².